The van der Waals surface area contributed by atoms with Crippen LogP contribution in [0.15, 0.2) is 47.4 Å². The van der Waals surface area contributed by atoms with E-state index in [-0.39, 0.29) is 16.4 Å². The molecule has 0 heterocycles. The fourth-order valence-corrected chi connectivity index (χ4v) is 3.04. The van der Waals surface area contributed by atoms with Crippen LogP contribution in [0.5, 0.6) is 0 Å². The van der Waals surface area contributed by atoms with Crippen LogP contribution >= 0.6 is 23.4 Å². The van der Waals surface area contributed by atoms with Crippen molar-refractivity contribution in [1.29, 1.82) is 0 Å². The number of thioether (sulfide) groups is 1. The topological polar surface area (TPSA) is 98.5 Å². The van der Waals surface area contributed by atoms with Crippen LogP contribution in [0, 0.1) is 10.1 Å². The van der Waals surface area contributed by atoms with Gasteiger partial charge in [-0.15, -0.1) is 11.8 Å². The quantitative estimate of drug-likeness (QED) is 0.327. The normalized spacial score (nSPS) is 10.2. The van der Waals surface area contributed by atoms with Crippen molar-refractivity contribution in [3.63, 3.8) is 0 Å². The van der Waals surface area contributed by atoms with Crippen LogP contribution < -0.4 is 5.32 Å². The fourth-order valence-electron chi connectivity index (χ4n) is 2.08. The van der Waals surface area contributed by atoms with Crippen LogP contribution in [-0.4, -0.2) is 29.2 Å². The highest BCUT2D eigenvalue weighted by Crippen LogP contribution is 2.27. The third-order valence-corrected chi connectivity index (χ3v) is 4.36. The summed E-state index contributed by atoms with van der Waals surface area (Å²) in [5.74, 6) is -0.565. The summed E-state index contributed by atoms with van der Waals surface area (Å²) in [6.07, 6.45) is 0. The number of hydrogen-bond donors (Lipinski definition) is 1. The third kappa shape index (κ3) is 5.21. The molecule has 0 bridgehead atoms. The lowest BCUT2D eigenvalue weighted by atomic mass is 10.2. The number of esters is 1. The maximum atomic E-state index is 12.2. The number of amides is 1. The monoisotopic (exact) mass is 394 g/mol. The van der Waals surface area contributed by atoms with Crippen molar-refractivity contribution >= 4 is 46.6 Å². The number of anilines is 1. The zero-order valence-electron chi connectivity index (χ0n) is 13.7. The van der Waals surface area contributed by atoms with Crippen molar-refractivity contribution in [3.05, 3.63) is 63.2 Å². The van der Waals surface area contributed by atoms with Gasteiger partial charge in [0.1, 0.15) is 5.69 Å². The van der Waals surface area contributed by atoms with Gasteiger partial charge < -0.3 is 10.1 Å². The average molecular weight is 395 g/mol. The van der Waals surface area contributed by atoms with Crippen molar-refractivity contribution in [3.8, 4) is 0 Å². The van der Waals surface area contributed by atoms with Crippen molar-refractivity contribution in [2.45, 2.75) is 11.8 Å². The number of carbonyl (C=O) groups is 2. The molecule has 0 saturated carbocycles. The summed E-state index contributed by atoms with van der Waals surface area (Å²) >= 11 is 7.28. The van der Waals surface area contributed by atoms with E-state index in [4.69, 9.17) is 16.3 Å². The van der Waals surface area contributed by atoms with Gasteiger partial charge in [0, 0.05) is 16.0 Å². The third-order valence-electron chi connectivity index (χ3n) is 3.17. The Morgan fingerprint density at radius 2 is 2.00 bits per heavy atom. The SMILES string of the molecule is CCSc1ccccc1C(=O)OCC(=O)Nc1cc(Cl)ccc1[N+](=O)[O-]. The minimum atomic E-state index is -0.704. The molecule has 0 unspecified atom stereocenters. The predicted octanol–water partition coefficient (Wildman–Crippen LogP) is 4.16. The Balaban J connectivity index is 2.03. The number of hydrogen-bond acceptors (Lipinski definition) is 6. The molecule has 7 nitrogen and oxygen atoms in total. The molecular formula is C17H15ClN2O5S. The van der Waals surface area contributed by atoms with Crippen LogP contribution in [0.1, 0.15) is 17.3 Å². The van der Waals surface area contributed by atoms with E-state index >= 15 is 0 Å². The van der Waals surface area contributed by atoms with Crippen molar-refractivity contribution in [2.75, 3.05) is 17.7 Å². The van der Waals surface area contributed by atoms with E-state index in [1.807, 2.05) is 6.92 Å². The van der Waals surface area contributed by atoms with Crippen molar-refractivity contribution < 1.29 is 19.2 Å². The van der Waals surface area contributed by atoms with Gasteiger partial charge >= 0.3 is 5.97 Å². The second-order valence-electron chi connectivity index (χ2n) is 4.97. The van der Waals surface area contributed by atoms with E-state index in [0.717, 1.165) is 10.6 Å². The number of nitrogens with one attached hydrogen (secondary N) is 1. The zero-order chi connectivity index (χ0) is 19.1. The summed E-state index contributed by atoms with van der Waals surface area (Å²) in [6.45, 7) is 1.38. The molecule has 0 fully saturated rings. The second kappa shape index (κ2) is 9.21. The number of nitrogens with zero attached hydrogens (tertiary/aromatic N) is 1. The highest BCUT2D eigenvalue weighted by molar-refractivity contribution is 7.99. The molecule has 0 aromatic heterocycles. The lowest BCUT2D eigenvalue weighted by Crippen LogP contribution is -2.21. The van der Waals surface area contributed by atoms with Crippen molar-refractivity contribution in [2.24, 2.45) is 0 Å². The molecule has 0 spiro atoms. The van der Waals surface area contributed by atoms with Gasteiger partial charge in [0.05, 0.1) is 10.5 Å². The first kappa shape index (κ1) is 19.7. The standard InChI is InChI=1S/C17H15ClN2O5S/c1-2-26-15-6-4-3-5-12(15)17(22)25-10-16(21)19-13-9-11(18)7-8-14(13)20(23)24/h3-9H,2,10H2,1H3,(H,19,21). The number of nitro benzene ring substituents is 1. The maximum Gasteiger partial charge on any atom is 0.339 e. The highest BCUT2D eigenvalue weighted by Gasteiger charge is 2.18. The second-order valence-corrected chi connectivity index (χ2v) is 6.71. The number of rotatable bonds is 7. The molecule has 0 aliphatic carbocycles. The molecule has 26 heavy (non-hydrogen) atoms. The van der Waals surface area contributed by atoms with Gasteiger partial charge in [-0.3, -0.25) is 14.9 Å². The summed E-state index contributed by atoms with van der Waals surface area (Å²) in [7, 11) is 0. The number of carbonyl (C=O) groups excluding carboxylic acids is 2. The molecule has 2 aromatic carbocycles. The molecule has 136 valence electrons. The molecule has 0 saturated heterocycles. The molecule has 2 rings (SSSR count). The van der Waals surface area contributed by atoms with E-state index in [9.17, 15) is 19.7 Å². The molecule has 1 N–H and O–H groups in total. The Kier molecular flexibility index (Phi) is 6.99. The zero-order valence-corrected chi connectivity index (χ0v) is 15.3. The first-order valence-electron chi connectivity index (χ1n) is 7.55. The summed E-state index contributed by atoms with van der Waals surface area (Å²) < 4.78 is 5.01. The Labute approximate surface area is 158 Å². The Morgan fingerprint density at radius 3 is 2.69 bits per heavy atom. The summed E-state index contributed by atoms with van der Waals surface area (Å²) in [6, 6.07) is 10.7. The van der Waals surface area contributed by atoms with Crippen LogP contribution in [0.2, 0.25) is 5.02 Å². The minimum Gasteiger partial charge on any atom is -0.452 e. The Morgan fingerprint density at radius 1 is 1.27 bits per heavy atom. The molecule has 0 radical (unpaired) electrons. The van der Waals surface area contributed by atoms with E-state index < -0.39 is 23.4 Å². The first-order valence-corrected chi connectivity index (χ1v) is 8.91. The molecule has 0 atom stereocenters. The van der Waals surface area contributed by atoms with Gasteiger partial charge in [0.15, 0.2) is 6.61 Å². The number of halogens is 1. The van der Waals surface area contributed by atoms with Crippen LogP contribution in [-0.2, 0) is 9.53 Å². The molecule has 0 aliphatic rings. The van der Waals surface area contributed by atoms with E-state index in [2.05, 4.69) is 5.32 Å². The lowest BCUT2D eigenvalue weighted by molar-refractivity contribution is -0.383. The minimum absolute atomic E-state index is 0.0644. The fraction of sp³-hybridized carbons (Fsp3) is 0.176. The molecule has 9 heteroatoms. The molecule has 1 amide bonds. The number of nitro groups is 1. The maximum absolute atomic E-state index is 12.2. The summed E-state index contributed by atoms with van der Waals surface area (Å²) in [5.41, 5.74) is -0.00913. The van der Waals surface area contributed by atoms with Gasteiger partial charge in [0.2, 0.25) is 0 Å². The average Bonchev–Trinajstić information content (AvgIpc) is 2.60. The lowest BCUT2D eigenvalue weighted by Gasteiger charge is -2.09. The number of benzene rings is 2. The van der Waals surface area contributed by atoms with E-state index in [1.54, 1.807) is 24.3 Å². The number of ether oxygens (including phenoxy) is 1. The van der Waals surface area contributed by atoms with Gasteiger partial charge in [-0.05, 0) is 30.0 Å². The highest BCUT2D eigenvalue weighted by atomic mass is 35.5. The molecular weight excluding hydrogens is 380 g/mol. The summed E-state index contributed by atoms with van der Waals surface area (Å²) in [4.78, 5) is 35.3. The van der Waals surface area contributed by atoms with Gasteiger partial charge in [0.25, 0.3) is 11.6 Å². The van der Waals surface area contributed by atoms with E-state index in [1.165, 1.54) is 30.0 Å². The molecule has 0 aliphatic heterocycles. The van der Waals surface area contributed by atoms with Crippen molar-refractivity contribution in [1.82, 2.24) is 0 Å². The summed E-state index contributed by atoms with van der Waals surface area (Å²) in [5, 5.41) is 13.5. The largest absolute Gasteiger partial charge is 0.452 e. The first-order chi connectivity index (χ1) is 12.4. The van der Waals surface area contributed by atoms with Crippen LogP contribution in [0.3, 0.4) is 0 Å². The van der Waals surface area contributed by atoms with Crippen LogP contribution in [0.4, 0.5) is 11.4 Å². The van der Waals surface area contributed by atoms with Gasteiger partial charge in [-0.1, -0.05) is 30.7 Å². The smallest absolute Gasteiger partial charge is 0.339 e. The van der Waals surface area contributed by atoms with Gasteiger partial charge in [-0.2, -0.15) is 0 Å². The van der Waals surface area contributed by atoms with E-state index in [0.29, 0.717) is 5.56 Å². The van der Waals surface area contributed by atoms with Gasteiger partial charge in [-0.25, -0.2) is 4.79 Å². The molecule has 2 aromatic rings. The predicted molar refractivity (Wildman–Crippen MR) is 99.9 cm³/mol. The van der Waals surface area contributed by atoms with Crippen LogP contribution in [0.25, 0.3) is 0 Å². The Bertz CT molecular complexity index is 844. The Hall–Kier alpha value is -2.58.